The van der Waals surface area contributed by atoms with Gasteiger partial charge < -0.3 is 19.9 Å². The quantitative estimate of drug-likeness (QED) is 0.182. The first-order valence-electron chi connectivity index (χ1n) is 9.02. The molecule has 142 valence electrons. The van der Waals surface area contributed by atoms with Gasteiger partial charge in [0.1, 0.15) is 0 Å². The van der Waals surface area contributed by atoms with Crippen LogP contribution in [0.25, 0.3) is 0 Å². The van der Waals surface area contributed by atoms with Crippen molar-refractivity contribution in [2.75, 3.05) is 60.0 Å². The Labute approximate surface area is 165 Å². The molecule has 1 N–H and O–H groups in total. The number of ether oxygens (including phenoxy) is 1. The van der Waals surface area contributed by atoms with Crippen LogP contribution in [0.4, 0.5) is 0 Å². The normalized spacial score (nSPS) is 16.5. The number of halogens is 1. The summed E-state index contributed by atoms with van der Waals surface area (Å²) in [5.41, 5.74) is 0. The highest BCUT2D eigenvalue weighted by molar-refractivity contribution is 14.0. The number of rotatable bonds is 10. The van der Waals surface area contributed by atoms with Crippen LogP contribution in [0.1, 0.15) is 32.6 Å². The molecule has 0 aromatic rings. The molecule has 1 aliphatic heterocycles. The largest absolute Gasteiger partial charge is 0.383 e. The molecule has 0 amide bonds. The summed E-state index contributed by atoms with van der Waals surface area (Å²) in [6, 6.07) is 0. The lowest BCUT2D eigenvalue weighted by Crippen LogP contribution is -2.40. The molecule has 0 spiro atoms. The van der Waals surface area contributed by atoms with Crippen molar-refractivity contribution in [1.82, 2.24) is 15.1 Å². The minimum absolute atomic E-state index is 0. The molecule has 0 aromatic heterocycles. The topological polar surface area (TPSA) is 40.1 Å². The van der Waals surface area contributed by atoms with Crippen molar-refractivity contribution in [3.63, 3.8) is 0 Å². The summed E-state index contributed by atoms with van der Waals surface area (Å²) in [5, 5.41) is 3.41. The smallest absolute Gasteiger partial charge is 0.193 e. The lowest BCUT2D eigenvalue weighted by atomic mass is 9.97. The summed E-state index contributed by atoms with van der Waals surface area (Å²) < 4.78 is 5.16. The molecule has 5 nitrogen and oxygen atoms in total. The van der Waals surface area contributed by atoms with E-state index < -0.39 is 0 Å². The van der Waals surface area contributed by atoms with Gasteiger partial charge in [-0.1, -0.05) is 6.08 Å². The molecule has 0 atom stereocenters. The number of nitrogens with one attached hydrogen (secondary N) is 1. The molecule has 1 heterocycles. The fraction of sp³-hybridized carbons (Fsp3) is 0.833. The Hall–Kier alpha value is -0.340. The predicted octanol–water partition coefficient (Wildman–Crippen LogP) is 2.83. The van der Waals surface area contributed by atoms with Gasteiger partial charge in [0.2, 0.25) is 0 Å². The molecule has 0 bridgehead atoms. The third kappa shape index (κ3) is 9.84. The number of likely N-dealkylation sites (tertiary alicyclic amines) is 1. The standard InChI is InChI=1S/C18H36N4O.HI/c1-5-7-8-11-21(3)18(19-6-2)20-16-17-9-12-22(13-10-17)14-15-23-4;/h5,17H,1,6-16H2,2-4H3,(H,19,20);1H. The molecule has 1 fully saturated rings. The van der Waals surface area contributed by atoms with Gasteiger partial charge in [-0.05, 0) is 51.6 Å². The Morgan fingerprint density at radius 2 is 2.12 bits per heavy atom. The molecule has 6 heteroatoms. The maximum absolute atomic E-state index is 5.16. The van der Waals surface area contributed by atoms with E-state index in [1.807, 2.05) is 6.08 Å². The van der Waals surface area contributed by atoms with Gasteiger partial charge in [-0.15, -0.1) is 30.6 Å². The average molecular weight is 452 g/mol. The summed E-state index contributed by atoms with van der Waals surface area (Å²) in [6.45, 7) is 13.0. The van der Waals surface area contributed by atoms with Gasteiger partial charge in [-0.25, -0.2) is 0 Å². The van der Waals surface area contributed by atoms with Crippen molar-refractivity contribution in [2.45, 2.75) is 32.6 Å². The summed E-state index contributed by atoms with van der Waals surface area (Å²) in [5.74, 6) is 1.75. The molecule has 0 radical (unpaired) electrons. The Morgan fingerprint density at radius 1 is 1.42 bits per heavy atom. The van der Waals surface area contributed by atoms with Gasteiger partial charge in [0.05, 0.1) is 6.61 Å². The van der Waals surface area contributed by atoms with Crippen molar-refractivity contribution < 1.29 is 4.74 Å². The van der Waals surface area contributed by atoms with Crippen molar-refractivity contribution in [2.24, 2.45) is 10.9 Å². The summed E-state index contributed by atoms with van der Waals surface area (Å²) in [7, 11) is 3.90. The van der Waals surface area contributed by atoms with E-state index in [1.54, 1.807) is 7.11 Å². The van der Waals surface area contributed by atoms with Crippen LogP contribution in [0.5, 0.6) is 0 Å². The second-order valence-electron chi connectivity index (χ2n) is 6.32. The zero-order chi connectivity index (χ0) is 16.9. The maximum Gasteiger partial charge on any atom is 0.193 e. The van der Waals surface area contributed by atoms with E-state index in [-0.39, 0.29) is 24.0 Å². The number of hydrogen-bond donors (Lipinski definition) is 1. The number of nitrogens with zero attached hydrogens (tertiary/aromatic N) is 3. The summed E-state index contributed by atoms with van der Waals surface area (Å²) in [4.78, 5) is 9.60. The molecule has 1 aliphatic rings. The van der Waals surface area contributed by atoms with Gasteiger partial charge in [0.25, 0.3) is 0 Å². The zero-order valence-electron chi connectivity index (χ0n) is 15.8. The summed E-state index contributed by atoms with van der Waals surface area (Å²) >= 11 is 0. The third-order valence-electron chi connectivity index (χ3n) is 4.42. The molecule has 0 unspecified atom stereocenters. The number of aliphatic imine (C=N–C) groups is 1. The second kappa shape index (κ2) is 15.0. The van der Waals surface area contributed by atoms with Crippen LogP contribution in [-0.2, 0) is 4.74 Å². The fourth-order valence-electron chi connectivity index (χ4n) is 2.88. The van der Waals surface area contributed by atoms with E-state index >= 15 is 0 Å². The van der Waals surface area contributed by atoms with Gasteiger partial charge >= 0.3 is 0 Å². The number of allylic oxidation sites excluding steroid dienone is 1. The molecule has 1 saturated heterocycles. The molecule has 1 rings (SSSR count). The van der Waals surface area contributed by atoms with Crippen LogP contribution >= 0.6 is 24.0 Å². The predicted molar refractivity (Wildman–Crippen MR) is 114 cm³/mol. The Morgan fingerprint density at radius 3 is 2.71 bits per heavy atom. The number of hydrogen-bond acceptors (Lipinski definition) is 3. The molecule has 0 saturated carbocycles. The van der Waals surface area contributed by atoms with Crippen LogP contribution in [0, 0.1) is 5.92 Å². The van der Waals surface area contributed by atoms with Gasteiger partial charge in [-0.3, -0.25) is 4.99 Å². The molecular formula is C18H37IN4O. The molecule has 0 aromatic carbocycles. The molecular weight excluding hydrogens is 415 g/mol. The highest BCUT2D eigenvalue weighted by Gasteiger charge is 2.19. The van der Waals surface area contributed by atoms with Crippen molar-refractivity contribution in [3.8, 4) is 0 Å². The van der Waals surface area contributed by atoms with Crippen molar-refractivity contribution in [1.29, 1.82) is 0 Å². The first kappa shape index (κ1) is 23.7. The maximum atomic E-state index is 5.16. The van der Waals surface area contributed by atoms with E-state index in [0.717, 1.165) is 51.6 Å². The van der Waals surface area contributed by atoms with E-state index in [9.17, 15) is 0 Å². The first-order chi connectivity index (χ1) is 11.2. The number of piperidine rings is 1. The van der Waals surface area contributed by atoms with Crippen LogP contribution in [0.3, 0.4) is 0 Å². The molecule has 0 aliphatic carbocycles. The van der Waals surface area contributed by atoms with Crippen LogP contribution in [0.15, 0.2) is 17.6 Å². The minimum atomic E-state index is 0. The minimum Gasteiger partial charge on any atom is -0.383 e. The monoisotopic (exact) mass is 452 g/mol. The van der Waals surface area contributed by atoms with Gasteiger partial charge in [0.15, 0.2) is 5.96 Å². The van der Waals surface area contributed by atoms with E-state index in [0.29, 0.717) is 5.92 Å². The third-order valence-corrected chi connectivity index (χ3v) is 4.42. The second-order valence-corrected chi connectivity index (χ2v) is 6.32. The van der Waals surface area contributed by atoms with Crippen LogP contribution < -0.4 is 5.32 Å². The lowest BCUT2D eigenvalue weighted by Gasteiger charge is -2.31. The van der Waals surface area contributed by atoms with E-state index in [1.165, 1.54) is 25.9 Å². The Balaban J connectivity index is 0.00000529. The van der Waals surface area contributed by atoms with Crippen LogP contribution in [0.2, 0.25) is 0 Å². The summed E-state index contributed by atoms with van der Waals surface area (Å²) in [6.07, 6.45) is 6.65. The van der Waals surface area contributed by atoms with Crippen LogP contribution in [-0.4, -0.2) is 75.8 Å². The van der Waals surface area contributed by atoms with Crippen molar-refractivity contribution >= 4 is 29.9 Å². The zero-order valence-corrected chi connectivity index (χ0v) is 18.1. The fourth-order valence-corrected chi connectivity index (χ4v) is 2.88. The molecule has 24 heavy (non-hydrogen) atoms. The van der Waals surface area contributed by atoms with Gasteiger partial charge in [-0.2, -0.15) is 0 Å². The lowest BCUT2D eigenvalue weighted by molar-refractivity contribution is 0.121. The first-order valence-corrected chi connectivity index (χ1v) is 9.02. The van der Waals surface area contributed by atoms with Gasteiger partial charge in [0, 0.05) is 40.3 Å². The van der Waals surface area contributed by atoms with Crippen molar-refractivity contribution in [3.05, 3.63) is 12.7 Å². The average Bonchev–Trinajstić information content (AvgIpc) is 2.57. The Bertz CT molecular complexity index is 344. The number of methoxy groups -OCH3 is 1. The Kier molecular flexibility index (Phi) is 14.7. The van der Waals surface area contributed by atoms with E-state index in [2.05, 4.69) is 35.7 Å². The SMILES string of the molecule is C=CCCCN(C)C(=NCC1CCN(CCOC)CC1)NCC.I. The highest BCUT2D eigenvalue weighted by Crippen LogP contribution is 2.17. The van der Waals surface area contributed by atoms with E-state index in [4.69, 9.17) is 9.73 Å². The highest BCUT2D eigenvalue weighted by atomic mass is 127. The number of guanidine groups is 1. The number of unbranched alkanes of at least 4 members (excludes halogenated alkanes) is 1.